The third-order valence-corrected chi connectivity index (χ3v) is 12.5. The average molecular weight is 348 g/mol. The van der Waals surface area contributed by atoms with E-state index >= 15 is 0 Å². The van der Waals surface area contributed by atoms with E-state index in [4.69, 9.17) is 9.05 Å². The molecule has 0 amide bonds. The van der Waals surface area contributed by atoms with E-state index < -0.39 is 21.5 Å². The zero-order valence-corrected chi connectivity index (χ0v) is 17.2. The van der Waals surface area contributed by atoms with E-state index in [0.717, 1.165) is 0 Å². The van der Waals surface area contributed by atoms with Crippen molar-refractivity contribution in [1.29, 1.82) is 0 Å². The molecule has 0 aromatic rings. The molecule has 130 valence electrons. The van der Waals surface area contributed by atoms with Crippen molar-refractivity contribution in [3.05, 3.63) is 0 Å². The van der Waals surface area contributed by atoms with Gasteiger partial charge in [-0.25, -0.2) is 0 Å². The smallest absolute Gasteiger partial charge is 0.370 e. The summed E-state index contributed by atoms with van der Waals surface area (Å²) in [5, 5.41) is 10.3. The highest BCUT2D eigenvalue weighted by atomic mass is 31.2. The van der Waals surface area contributed by atoms with E-state index in [0.29, 0.717) is 16.6 Å². The molecule has 1 N–H and O–H groups in total. The molecule has 0 aliphatic rings. The van der Waals surface area contributed by atoms with Crippen LogP contribution in [0.3, 0.4) is 0 Å². The van der Waals surface area contributed by atoms with Crippen LogP contribution in [0.15, 0.2) is 0 Å². The maximum absolute atomic E-state index is 12.6. The van der Waals surface area contributed by atoms with Crippen LogP contribution in [0.25, 0.3) is 0 Å². The first-order valence-electron chi connectivity index (χ1n) is 8.17. The lowest BCUT2D eigenvalue weighted by Crippen LogP contribution is -2.43. The van der Waals surface area contributed by atoms with Crippen LogP contribution in [0.5, 0.6) is 0 Å². The molecule has 0 aliphatic carbocycles. The van der Waals surface area contributed by atoms with Gasteiger partial charge in [0.1, 0.15) is 8.07 Å². The van der Waals surface area contributed by atoms with Gasteiger partial charge in [-0.1, -0.05) is 47.5 Å². The average Bonchev–Trinajstić information content (AvgIpc) is 2.38. The second-order valence-corrected chi connectivity index (χ2v) is 14.1. The zero-order valence-electron chi connectivity index (χ0n) is 15.3. The van der Waals surface area contributed by atoms with Gasteiger partial charge < -0.3 is 14.2 Å². The highest BCUT2D eigenvalue weighted by Crippen LogP contribution is 2.52. The lowest BCUT2D eigenvalue weighted by molar-refractivity contribution is 0.172. The standard InChI is InChI=1S/C16H33O4PSi/c1-9-19-21(18,20-10-2)16(17)11-12-22(13(3)4,14(5)6)15(7)8/h13-17H,9-10H2,1-8H3. The molecule has 0 aliphatic heterocycles. The predicted molar refractivity (Wildman–Crippen MR) is 95.7 cm³/mol. The summed E-state index contributed by atoms with van der Waals surface area (Å²) >= 11 is 0. The first-order valence-corrected chi connectivity index (χ1v) is 12.0. The first kappa shape index (κ1) is 21.9. The Morgan fingerprint density at radius 2 is 1.32 bits per heavy atom. The second-order valence-electron chi connectivity index (χ2n) is 6.42. The Balaban J connectivity index is 5.67. The van der Waals surface area contributed by atoms with E-state index in [1.165, 1.54) is 0 Å². The molecule has 1 unspecified atom stereocenters. The molecular formula is C16H33O4PSi. The Labute approximate surface area is 137 Å². The molecule has 0 bridgehead atoms. The topological polar surface area (TPSA) is 55.8 Å². The summed E-state index contributed by atoms with van der Waals surface area (Å²) in [6.45, 7) is 17.0. The van der Waals surface area contributed by atoms with Gasteiger partial charge >= 0.3 is 7.60 Å². The van der Waals surface area contributed by atoms with E-state index in [-0.39, 0.29) is 13.2 Å². The van der Waals surface area contributed by atoms with Crippen molar-refractivity contribution in [2.24, 2.45) is 0 Å². The molecule has 0 saturated carbocycles. The molecule has 0 saturated heterocycles. The van der Waals surface area contributed by atoms with Crippen molar-refractivity contribution in [3.8, 4) is 11.5 Å². The Bertz CT molecular complexity index is 405. The molecule has 0 rings (SSSR count). The van der Waals surface area contributed by atoms with Crippen molar-refractivity contribution in [2.45, 2.75) is 77.9 Å². The molecule has 4 nitrogen and oxygen atoms in total. The molecule has 0 radical (unpaired) electrons. The van der Waals surface area contributed by atoms with Crippen LogP contribution in [0.2, 0.25) is 16.6 Å². The maximum Gasteiger partial charge on any atom is 0.371 e. The minimum Gasteiger partial charge on any atom is -0.370 e. The molecule has 0 spiro atoms. The lowest BCUT2D eigenvalue weighted by atomic mass is 10.5. The summed E-state index contributed by atoms with van der Waals surface area (Å²) in [6.07, 6.45) is 0. The molecule has 0 fully saturated rings. The van der Waals surface area contributed by atoms with Gasteiger partial charge in [-0.3, -0.25) is 4.57 Å². The minimum absolute atomic E-state index is 0.219. The fourth-order valence-electron chi connectivity index (χ4n) is 3.24. The van der Waals surface area contributed by atoms with Crippen LogP contribution in [-0.4, -0.2) is 32.2 Å². The Kier molecular flexibility index (Phi) is 9.20. The number of aliphatic hydroxyl groups is 1. The number of hydrogen-bond acceptors (Lipinski definition) is 4. The normalized spacial score (nSPS) is 14.4. The largest absolute Gasteiger partial charge is 0.371 e. The van der Waals surface area contributed by atoms with Gasteiger partial charge in [-0.15, -0.1) is 5.54 Å². The Hall–Kier alpha value is -0.113. The predicted octanol–water partition coefficient (Wildman–Crippen LogP) is 4.79. The van der Waals surface area contributed by atoms with Gasteiger partial charge in [-0.05, 0) is 30.5 Å². The van der Waals surface area contributed by atoms with E-state index in [1.54, 1.807) is 13.8 Å². The van der Waals surface area contributed by atoms with Crippen LogP contribution in [0, 0.1) is 11.5 Å². The SMILES string of the molecule is CCOP(=O)(OCC)C(O)C#C[Si](C(C)C)(C(C)C)C(C)C. The fraction of sp³-hybridized carbons (Fsp3) is 0.875. The highest BCUT2D eigenvalue weighted by Gasteiger charge is 2.42. The zero-order chi connectivity index (χ0) is 17.6. The molecular weight excluding hydrogens is 315 g/mol. The summed E-state index contributed by atoms with van der Waals surface area (Å²) < 4.78 is 22.9. The monoisotopic (exact) mass is 348 g/mol. The highest BCUT2D eigenvalue weighted by molar-refractivity contribution is 7.54. The van der Waals surface area contributed by atoms with E-state index in [2.05, 4.69) is 53.0 Å². The summed E-state index contributed by atoms with van der Waals surface area (Å²) in [6, 6.07) is 0. The molecule has 0 aromatic heterocycles. The van der Waals surface area contributed by atoms with E-state index in [9.17, 15) is 9.67 Å². The van der Waals surface area contributed by atoms with Crippen molar-refractivity contribution < 1.29 is 18.7 Å². The molecule has 6 heteroatoms. The van der Waals surface area contributed by atoms with Gasteiger partial charge in [0.25, 0.3) is 0 Å². The molecule has 22 heavy (non-hydrogen) atoms. The minimum atomic E-state index is -3.58. The van der Waals surface area contributed by atoms with Crippen LogP contribution < -0.4 is 0 Å². The van der Waals surface area contributed by atoms with Gasteiger partial charge in [-0.2, -0.15) is 0 Å². The van der Waals surface area contributed by atoms with Crippen LogP contribution in [0.4, 0.5) is 0 Å². The van der Waals surface area contributed by atoms with Gasteiger partial charge in [0.05, 0.1) is 13.2 Å². The third-order valence-electron chi connectivity index (χ3n) is 4.20. The third kappa shape index (κ3) is 4.94. The summed E-state index contributed by atoms with van der Waals surface area (Å²) in [5.41, 5.74) is 4.71. The number of rotatable bonds is 8. The van der Waals surface area contributed by atoms with Crippen LogP contribution in [-0.2, 0) is 13.6 Å². The molecule has 0 heterocycles. The molecule has 1 atom stereocenters. The van der Waals surface area contributed by atoms with Crippen LogP contribution >= 0.6 is 7.60 Å². The summed E-state index contributed by atoms with van der Waals surface area (Å²) in [7, 11) is -5.55. The van der Waals surface area contributed by atoms with Crippen molar-refractivity contribution >= 4 is 15.7 Å². The second kappa shape index (κ2) is 9.25. The fourth-order valence-corrected chi connectivity index (χ4v) is 9.91. The van der Waals surface area contributed by atoms with Gasteiger partial charge in [0.15, 0.2) is 0 Å². The Morgan fingerprint density at radius 1 is 0.955 bits per heavy atom. The van der Waals surface area contributed by atoms with E-state index in [1.807, 2.05) is 0 Å². The van der Waals surface area contributed by atoms with Crippen molar-refractivity contribution in [3.63, 3.8) is 0 Å². The van der Waals surface area contributed by atoms with Gasteiger partial charge in [0, 0.05) is 0 Å². The molecule has 0 aromatic carbocycles. The lowest BCUT2D eigenvalue weighted by Gasteiger charge is -2.38. The van der Waals surface area contributed by atoms with Crippen molar-refractivity contribution in [2.75, 3.05) is 13.2 Å². The number of hydrogen-bond donors (Lipinski definition) is 1. The van der Waals surface area contributed by atoms with Gasteiger partial charge in [0.2, 0.25) is 5.85 Å². The number of aliphatic hydroxyl groups excluding tert-OH is 1. The summed E-state index contributed by atoms with van der Waals surface area (Å²) in [5.74, 6) is 1.45. The van der Waals surface area contributed by atoms with Crippen molar-refractivity contribution in [1.82, 2.24) is 0 Å². The quantitative estimate of drug-likeness (QED) is 0.389. The summed E-state index contributed by atoms with van der Waals surface area (Å²) in [4.78, 5) is 0. The van der Waals surface area contributed by atoms with Crippen LogP contribution in [0.1, 0.15) is 55.4 Å². The Morgan fingerprint density at radius 3 is 1.59 bits per heavy atom. The maximum atomic E-state index is 12.6. The first-order chi connectivity index (χ1) is 10.1.